The summed E-state index contributed by atoms with van der Waals surface area (Å²) >= 11 is 3.57. The quantitative estimate of drug-likeness (QED) is 0.903. The van der Waals surface area contributed by atoms with E-state index in [1.165, 1.54) is 31.2 Å². The van der Waals surface area contributed by atoms with Crippen molar-refractivity contribution in [3.8, 4) is 5.75 Å². The molecular weight excluding hydrogens is 290 g/mol. The van der Waals surface area contributed by atoms with Gasteiger partial charge in [0, 0.05) is 11.0 Å². The van der Waals surface area contributed by atoms with Gasteiger partial charge in [-0.2, -0.15) is 0 Å². The molecule has 0 spiro atoms. The van der Waals surface area contributed by atoms with Crippen LogP contribution in [0.2, 0.25) is 0 Å². The molecule has 0 aliphatic heterocycles. The molecule has 0 atom stereocenters. The maximum absolute atomic E-state index is 6.10. The molecular formula is C15H22BrNO. The molecule has 1 saturated carbocycles. The summed E-state index contributed by atoms with van der Waals surface area (Å²) < 4.78 is 7.24. The number of benzene rings is 1. The third-order valence-electron chi connectivity index (χ3n) is 3.65. The lowest BCUT2D eigenvalue weighted by molar-refractivity contribution is 0.135. The van der Waals surface area contributed by atoms with E-state index in [0.29, 0.717) is 6.10 Å². The largest absolute Gasteiger partial charge is 0.490 e. The number of hydrogen-bond acceptors (Lipinski definition) is 2. The molecule has 1 aromatic rings. The highest BCUT2D eigenvalue weighted by Gasteiger charge is 2.19. The van der Waals surface area contributed by atoms with Crippen LogP contribution >= 0.6 is 15.9 Å². The number of hydrogen-bond donors (Lipinski definition) is 1. The van der Waals surface area contributed by atoms with Crippen LogP contribution in [0.15, 0.2) is 22.7 Å². The van der Waals surface area contributed by atoms with E-state index >= 15 is 0 Å². The smallest absolute Gasteiger partial charge is 0.120 e. The Morgan fingerprint density at radius 3 is 2.67 bits per heavy atom. The van der Waals surface area contributed by atoms with E-state index in [1.807, 2.05) is 7.05 Å². The molecule has 0 saturated heterocycles. The molecule has 2 rings (SSSR count). The summed E-state index contributed by atoms with van der Waals surface area (Å²) in [5.74, 6) is 1.87. The van der Waals surface area contributed by atoms with Gasteiger partial charge < -0.3 is 10.1 Å². The number of ether oxygens (including phenoxy) is 1. The first-order valence-corrected chi connectivity index (χ1v) is 7.58. The first-order valence-electron chi connectivity index (χ1n) is 6.78. The molecule has 1 aliphatic carbocycles. The van der Waals surface area contributed by atoms with Crippen LogP contribution in [0, 0.1) is 5.92 Å². The van der Waals surface area contributed by atoms with Crippen molar-refractivity contribution in [3.05, 3.63) is 28.2 Å². The molecule has 3 heteroatoms. The van der Waals surface area contributed by atoms with Gasteiger partial charge in [-0.15, -0.1) is 0 Å². The minimum atomic E-state index is 0.407. The topological polar surface area (TPSA) is 21.3 Å². The second kappa shape index (κ2) is 6.58. The summed E-state index contributed by atoms with van der Waals surface area (Å²) in [6.45, 7) is 3.19. The number of rotatable bonds is 4. The van der Waals surface area contributed by atoms with Gasteiger partial charge in [-0.05, 0) is 62.4 Å². The molecule has 1 aromatic carbocycles. The minimum absolute atomic E-state index is 0.407. The lowest BCUT2D eigenvalue weighted by atomic mass is 9.89. The first-order chi connectivity index (χ1) is 8.69. The molecule has 0 amide bonds. The highest BCUT2D eigenvalue weighted by Crippen LogP contribution is 2.29. The first kappa shape index (κ1) is 13.9. The predicted octanol–water partition coefficient (Wildman–Crippen LogP) is 4.13. The van der Waals surface area contributed by atoms with E-state index in [9.17, 15) is 0 Å². The number of halogens is 1. The van der Waals surface area contributed by atoms with Crippen molar-refractivity contribution >= 4 is 15.9 Å². The summed E-state index contributed by atoms with van der Waals surface area (Å²) in [5, 5.41) is 3.18. The van der Waals surface area contributed by atoms with Crippen LogP contribution in [-0.2, 0) is 6.54 Å². The Bertz CT molecular complexity index is 386. The van der Waals surface area contributed by atoms with Crippen molar-refractivity contribution < 1.29 is 4.74 Å². The van der Waals surface area contributed by atoms with E-state index in [4.69, 9.17) is 4.74 Å². The standard InChI is InChI=1S/C15H22BrNO/c1-11-3-5-13(6-4-11)18-14-7-8-15(16)12(9-14)10-17-2/h7-9,11,13,17H,3-6,10H2,1-2H3. The Kier molecular flexibility index (Phi) is 5.07. The van der Waals surface area contributed by atoms with Crippen LogP contribution < -0.4 is 10.1 Å². The van der Waals surface area contributed by atoms with E-state index in [1.54, 1.807) is 0 Å². The Balaban J connectivity index is 1.98. The summed E-state index contributed by atoms with van der Waals surface area (Å²) in [6, 6.07) is 6.27. The molecule has 2 nitrogen and oxygen atoms in total. The summed E-state index contributed by atoms with van der Waals surface area (Å²) in [4.78, 5) is 0. The number of nitrogens with one attached hydrogen (secondary N) is 1. The molecule has 1 aliphatic rings. The lowest BCUT2D eigenvalue weighted by Gasteiger charge is -2.27. The third kappa shape index (κ3) is 3.72. The molecule has 100 valence electrons. The third-order valence-corrected chi connectivity index (χ3v) is 4.42. The molecule has 0 heterocycles. The van der Waals surface area contributed by atoms with Gasteiger partial charge in [-0.3, -0.25) is 0 Å². The average Bonchev–Trinajstić information content (AvgIpc) is 2.37. The van der Waals surface area contributed by atoms with Crippen molar-refractivity contribution in [2.24, 2.45) is 5.92 Å². The Hall–Kier alpha value is -0.540. The van der Waals surface area contributed by atoms with E-state index in [-0.39, 0.29) is 0 Å². The molecule has 1 N–H and O–H groups in total. The summed E-state index contributed by atoms with van der Waals surface area (Å²) in [7, 11) is 1.96. The fraction of sp³-hybridized carbons (Fsp3) is 0.600. The van der Waals surface area contributed by atoms with Gasteiger partial charge in [-0.1, -0.05) is 22.9 Å². The average molecular weight is 312 g/mol. The molecule has 1 fully saturated rings. The second-order valence-corrected chi connectivity index (χ2v) is 6.14. The van der Waals surface area contributed by atoms with Crippen LogP contribution in [0.3, 0.4) is 0 Å². The zero-order chi connectivity index (χ0) is 13.0. The maximum Gasteiger partial charge on any atom is 0.120 e. The monoisotopic (exact) mass is 311 g/mol. The van der Waals surface area contributed by atoms with Crippen molar-refractivity contribution in [1.82, 2.24) is 5.32 Å². The molecule has 0 radical (unpaired) electrons. The highest BCUT2D eigenvalue weighted by atomic mass is 79.9. The summed E-state index contributed by atoms with van der Waals surface area (Å²) in [5.41, 5.74) is 1.25. The van der Waals surface area contributed by atoms with Gasteiger partial charge in [0.2, 0.25) is 0 Å². The highest BCUT2D eigenvalue weighted by molar-refractivity contribution is 9.10. The van der Waals surface area contributed by atoms with Gasteiger partial charge in [-0.25, -0.2) is 0 Å². The van der Waals surface area contributed by atoms with Crippen molar-refractivity contribution in [2.75, 3.05) is 7.05 Å². The Morgan fingerprint density at radius 2 is 2.00 bits per heavy atom. The second-order valence-electron chi connectivity index (χ2n) is 5.28. The van der Waals surface area contributed by atoms with Gasteiger partial charge in [0.1, 0.15) is 5.75 Å². The van der Waals surface area contributed by atoms with Gasteiger partial charge in [0.15, 0.2) is 0 Å². The van der Waals surface area contributed by atoms with Gasteiger partial charge in [0.25, 0.3) is 0 Å². The van der Waals surface area contributed by atoms with Crippen LogP contribution in [0.1, 0.15) is 38.2 Å². The lowest BCUT2D eigenvalue weighted by Crippen LogP contribution is -2.23. The Labute approximate surface area is 118 Å². The van der Waals surface area contributed by atoms with Crippen LogP contribution in [0.4, 0.5) is 0 Å². The molecule has 0 unspecified atom stereocenters. The minimum Gasteiger partial charge on any atom is -0.490 e. The maximum atomic E-state index is 6.10. The van der Waals surface area contributed by atoms with Crippen molar-refractivity contribution in [2.45, 2.75) is 45.3 Å². The zero-order valence-corrected chi connectivity index (χ0v) is 12.8. The van der Waals surface area contributed by atoms with Crippen molar-refractivity contribution in [3.63, 3.8) is 0 Å². The normalized spacial score (nSPS) is 23.9. The van der Waals surface area contributed by atoms with E-state index in [0.717, 1.165) is 22.7 Å². The van der Waals surface area contributed by atoms with E-state index < -0.39 is 0 Å². The molecule has 18 heavy (non-hydrogen) atoms. The fourth-order valence-electron chi connectivity index (χ4n) is 2.49. The predicted molar refractivity (Wildman–Crippen MR) is 79.0 cm³/mol. The van der Waals surface area contributed by atoms with Gasteiger partial charge in [0.05, 0.1) is 6.10 Å². The van der Waals surface area contributed by atoms with Crippen LogP contribution in [-0.4, -0.2) is 13.2 Å². The van der Waals surface area contributed by atoms with Crippen LogP contribution in [0.25, 0.3) is 0 Å². The van der Waals surface area contributed by atoms with Gasteiger partial charge >= 0.3 is 0 Å². The Morgan fingerprint density at radius 1 is 1.28 bits per heavy atom. The molecule has 0 bridgehead atoms. The van der Waals surface area contributed by atoms with Crippen molar-refractivity contribution in [1.29, 1.82) is 0 Å². The van der Waals surface area contributed by atoms with Crippen LogP contribution in [0.5, 0.6) is 5.75 Å². The summed E-state index contributed by atoms with van der Waals surface area (Å²) in [6.07, 6.45) is 5.39. The SMILES string of the molecule is CNCc1cc(OC2CCC(C)CC2)ccc1Br. The van der Waals surface area contributed by atoms with E-state index in [2.05, 4.69) is 46.4 Å². The fourth-order valence-corrected chi connectivity index (χ4v) is 2.88. The zero-order valence-electron chi connectivity index (χ0n) is 11.2. The molecule has 0 aromatic heterocycles.